The predicted octanol–water partition coefficient (Wildman–Crippen LogP) is 3.15. The van der Waals surface area contributed by atoms with Crippen LogP contribution in [0.15, 0.2) is 0 Å². The minimum atomic E-state index is -0.107. The maximum absolute atomic E-state index is 10.8. The molecule has 0 saturated heterocycles. The standard InChI is InChI=1S/C12H21NO2S/c1-13-9-5-3-6-10-16-11-7-4-8-12(14)15-2/h3-11H2,2H3. The number of hydrogen-bond acceptors (Lipinski definition) is 3. The van der Waals surface area contributed by atoms with Crippen LogP contribution in [0, 0.1) is 6.57 Å². The van der Waals surface area contributed by atoms with E-state index in [1.807, 2.05) is 11.8 Å². The number of thioether (sulfide) groups is 1. The summed E-state index contributed by atoms with van der Waals surface area (Å²) < 4.78 is 4.56. The van der Waals surface area contributed by atoms with E-state index in [4.69, 9.17) is 6.57 Å². The van der Waals surface area contributed by atoms with Crippen LogP contribution < -0.4 is 0 Å². The quantitative estimate of drug-likeness (QED) is 0.335. The van der Waals surface area contributed by atoms with Gasteiger partial charge in [0, 0.05) is 12.8 Å². The minimum absolute atomic E-state index is 0.107. The average Bonchev–Trinajstić information content (AvgIpc) is 2.31. The lowest BCUT2D eigenvalue weighted by molar-refractivity contribution is -0.140. The molecule has 0 amide bonds. The van der Waals surface area contributed by atoms with E-state index in [2.05, 4.69) is 9.58 Å². The Kier molecular flexibility index (Phi) is 11.8. The molecular formula is C12H21NO2S. The van der Waals surface area contributed by atoms with Crippen molar-refractivity contribution in [3.05, 3.63) is 11.4 Å². The molecule has 0 spiro atoms. The monoisotopic (exact) mass is 243 g/mol. The van der Waals surface area contributed by atoms with Gasteiger partial charge in [0.1, 0.15) is 0 Å². The summed E-state index contributed by atoms with van der Waals surface area (Å²) in [6.07, 6.45) is 5.96. The highest BCUT2D eigenvalue weighted by molar-refractivity contribution is 7.99. The molecular weight excluding hydrogens is 222 g/mol. The zero-order chi connectivity index (χ0) is 12.1. The molecule has 0 fully saturated rings. The smallest absolute Gasteiger partial charge is 0.305 e. The van der Waals surface area contributed by atoms with Crippen molar-refractivity contribution in [2.24, 2.45) is 0 Å². The van der Waals surface area contributed by atoms with E-state index >= 15 is 0 Å². The summed E-state index contributed by atoms with van der Waals surface area (Å²) in [7, 11) is 1.43. The molecule has 0 aromatic heterocycles. The summed E-state index contributed by atoms with van der Waals surface area (Å²) in [5, 5.41) is 0. The zero-order valence-electron chi connectivity index (χ0n) is 10.0. The van der Waals surface area contributed by atoms with Crippen LogP contribution >= 0.6 is 11.8 Å². The van der Waals surface area contributed by atoms with Gasteiger partial charge in [-0.05, 0) is 37.2 Å². The number of carbonyl (C=O) groups is 1. The summed E-state index contributed by atoms with van der Waals surface area (Å²) in [5.74, 6) is 2.19. The fourth-order valence-electron chi connectivity index (χ4n) is 1.25. The van der Waals surface area contributed by atoms with Gasteiger partial charge in [0.15, 0.2) is 0 Å². The summed E-state index contributed by atoms with van der Waals surface area (Å²) in [6.45, 7) is 7.30. The van der Waals surface area contributed by atoms with Crippen molar-refractivity contribution < 1.29 is 9.53 Å². The first-order chi connectivity index (χ1) is 7.81. The molecule has 0 bridgehead atoms. The second-order valence-corrected chi connectivity index (χ2v) is 4.81. The van der Waals surface area contributed by atoms with Gasteiger partial charge in [-0.1, -0.05) is 0 Å². The Morgan fingerprint density at radius 3 is 2.50 bits per heavy atom. The van der Waals surface area contributed by atoms with Crippen molar-refractivity contribution in [2.45, 2.75) is 38.5 Å². The molecule has 0 rings (SSSR count). The van der Waals surface area contributed by atoms with Crippen LogP contribution in [0.1, 0.15) is 38.5 Å². The van der Waals surface area contributed by atoms with E-state index in [9.17, 15) is 4.79 Å². The third kappa shape index (κ3) is 11.4. The topological polar surface area (TPSA) is 30.7 Å². The number of nitrogens with zero attached hydrogens (tertiary/aromatic N) is 1. The lowest BCUT2D eigenvalue weighted by atomic mass is 10.2. The van der Waals surface area contributed by atoms with Gasteiger partial charge in [0.05, 0.1) is 7.11 Å². The molecule has 92 valence electrons. The van der Waals surface area contributed by atoms with Crippen molar-refractivity contribution >= 4 is 17.7 Å². The van der Waals surface area contributed by atoms with Crippen LogP contribution in [0.25, 0.3) is 4.85 Å². The first kappa shape index (κ1) is 15.3. The molecule has 0 atom stereocenters. The molecule has 0 aromatic carbocycles. The van der Waals surface area contributed by atoms with E-state index in [0.717, 1.165) is 31.4 Å². The zero-order valence-corrected chi connectivity index (χ0v) is 10.9. The van der Waals surface area contributed by atoms with Gasteiger partial charge in [-0.3, -0.25) is 4.79 Å². The molecule has 4 heteroatoms. The van der Waals surface area contributed by atoms with Crippen molar-refractivity contribution in [1.29, 1.82) is 0 Å². The number of esters is 1. The largest absolute Gasteiger partial charge is 0.469 e. The Labute approximate surface area is 103 Å². The highest BCUT2D eigenvalue weighted by atomic mass is 32.2. The maximum atomic E-state index is 10.8. The number of hydrogen-bond donors (Lipinski definition) is 0. The van der Waals surface area contributed by atoms with Gasteiger partial charge >= 0.3 is 5.97 Å². The Morgan fingerprint density at radius 2 is 1.88 bits per heavy atom. The second-order valence-electron chi connectivity index (χ2n) is 3.59. The fraction of sp³-hybridized carbons (Fsp3) is 0.833. The molecule has 0 aliphatic rings. The Bertz CT molecular complexity index is 214. The molecule has 16 heavy (non-hydrogen) atoms. The summed E-state index contributed by atoms with van der Waals surface area (Å²) in [5.41, 5.74) is 0. The van der Waals surface area contributed by atoms with Crippen LogP contribution in [-0.2, 0) is 9.53 Å². The van der Waals surface area contributed by atoms with Crippen LogP contribution in [0.3, 0.4) is 0 Å². The van der Waals surface area contributed by atoms with E-state index in [0.29, 0.717) is 13.0 Å². The second kappa shape index (κ2) is 12.4. The van der Waals surface area contributed by atoms with Crippen molar-refractivity contribution in [2.75, 3.05) is 25.2 Å². The van der Waals surface area contributed by atoms with Crippen LogP contribution in [-0.4, -0.2) is 31.1 Å². The van der Waals surface area contributed by atoms with Gasteiger partial charge in [-0.2, -0.15) is 11.8 Å². The molecule has 0 aromatic rings. The first-order valence-corrected chi connectivity index (χ1v) is 6.94. The summed E-state index contributed by atoms with van der Waals surface area (Å²) >= 11 is 1.94. The lowest BCUT2D eigenvalue weighted by Crippen LogP contribution is -1.99. The third-order valence-electron chi connectivity index (χ3n) is 2.21. The molecule has 0 aliphatic heterocycles. The van der Waals surface area contributed by atoms with Crippen LogP contribution in [0.4, 0.5) is 0 Å². The molecule has 0 radical (unpaired) electrons. The van der Waals surface area contributed by atoms with Gasteiger partial charge in [0.2, 0.25) is 6.54 Å². The molecule has 0 heterocycles. The lowest BCUT2D eigenvalue weighted by Gasteiger charge is -2.01. The highest BCUT2D eigenvalue weighted by Crippen LogP contribution is 2.10. The molecule has 0 aliphatic carbocycles. The van der Waals surface area contributed by atoms with Crippen LogP contribution in [0.5, 0.6) is 0 Å². The first-order valence-electron chi connectivity index (χ1n) is 5.79. The third-order valence-corrected chi connectivity index (χ3v) is 3.36. The summed E-state index contributed by atoms with van der Waals surface area (Å²) in [6, 6.07) is 0. The Balaban J connectivity index is 2.99. The average molecular weight is 243 g/mol. The number of unbranched alkanes of at least 4 members (excludes halogenated alkanes) is 3. The number of carbonyl (C=O) groups excluding carboxylic acids is 1. The van der Waals surface area contributed by atoms with Gasteiger partial charge < -0.3 is 9.58 Å². The Hall–Kier alpha value is -0.690. The van der Waals surface area contributed by atoms with Gasteiger partial charge in [0.25, 0.3) is 0 Å². The minimum Gasteiger partial charge on any atom is -0.469 e. The van der Waals surface area contributed by atoms with Crippen molar-refractivity contribution in [3.8, 4) is 0 Å². The Morgan fingerprint density at radius 1 is 1.19 bits per heavy atom. The number of methoxy groups -OCH3 is 1. The van der Waals surface area contributed by atoms with Gasteiger partial charge in [-0.25, -0.2) is 6.57 Å². The van der Waals surface area contributed by atoms with Crippen molar-refractivity contribution in [1.82, 2.24) is 0 Å². The fourth-order valence-corrected chi connectivity index (χ4v) is 2.27. The molecule has 0 N–H and O–H groups in total. The molecule has 0 unspecified atom stereocenters. The molecule has 0 saturated carbocycles. The van der Waals surface area contributed by atoms with E-state index in [1.54, 1.807) is 0 Å². The predicted molar refractivity (Wildman–Crippen MR) is 68.5 cm³/mol. The van der Waals surface area contributed by atoms with Crippen molar-refractivity contribution in [3.63, 3.8) is 0 Å². The molecule has 3 nitrogen and oxygen atoms in total. The van der Waals surface area contributed by atoms with E-state index < -0.39 is 0 Å². The summed E-state index contributed by atoms with van der Waals surface area (Å²) in [4.78, 5) is 14.1. The maximum Gasteiger partial charge on any atom is 0.305 e. The normalized spacial score (nSPS) is 9.75. The number of rotatable bonds is 10. The highest BCUT2D eigenvalue weighted by Gasteiger charge is 1.99. The van der Waals surface area contributed by atoms with Gasteiger partial charge in [-0.15, -0.1) is 0 Å². The number of ether oxygens (including phenoxy) is 1. The SMILES string of the molecule is [C-]#[N+]CCCCCSCCCCC(=O)OC. The van der Waals surface area contributed by atoms with E-state index in [1.165, 1.54) is 19.3 Å². The van der Waals surface area contributed by atoms with E-state index in [-0.39, 0.29) is 5.97 Å². The van der Waals surface area contributed by atoms with Crippen LogP contribution in [0.2, 0.25) is 0 Å².